The molecule has 31 heteroatoms. The first-order chi connectivity index (χ1) is 13.5. The van der Waals surface area contributed by atoms with Crippen LogP contribution >= 0.6 is 0 Å². The molecule has 0 aliphatic heterocycles. The molecule has 204 valence electrons. The van der Waals surface area contributed by atoms with Gasteiger partial charge in [0.15, 0.2) is 0 Å². The van der Waals surface area contributed by atoms with Gasteiger partial charge < -0.3 is 52.2 Å². The molecule has 0 fully saturated rings. The molecule has 0 unspecified atom stereocenters. The maximum Gasteiger partial charge on any atom is 0.106 e. The third-order valence-corrected chi connectivity index (χ3v) is 4.00. The molecule has 32 heavy (non-hydrogen) atoms. The van der Waals surface area contributed by atoms with Crippen LogP contribution in [0.4, 0.5) is 0 Å². The van der Waals surface area contributed by atoms with Gasteiger partial charge in [0.05, 0.1) is 90.9 Å². The Morgan fingerprint density at radius 3 is 0.406 bits per heavy atom. The van der Waals surface area contributed by atoms with Gasteiger partial charge in [-0.3, -0.25) is 0 Å². The summed E-state index contributed by atoms with van der Waals surface area (Å²) in [4.78, 5) is 8.00. The van der Waals surface area contributed by atoms with E-state index in [4.69, 9.17) is 4.79 Å². The topological polar surface area (TPSA) is 438 Å². The summed E-state index contributed by atoms with van der Waals surface area (Å²) >= 11 is -23.7. The highest BCUT2D eigenvalue weighted by molar-refractivity contribution is 7.88. The summed E-state index contributed by atoms with van der Waals surface area (Å²) in [5.41, 5.74) is 0. The highest BCUT2D eigenvalue weighted by Gasteiger charge is 1.78. The molecule has 0 amide bonds. The molecule has 0 radical (unpaired) electrons. The third kappa shape index (κ3) is 97.9. The first kappa shape index (κ1) is 49.4. The average molecular weight is 643 g/mol. The lowest BCUT2D eigenvalue weighted by atomic mass is 11.9. The predicted molar refractivity (Wildman–Crippen MR) is 90.0 cm³/mol. The quantitative estimate of drug-likeness (QED) is 0.222. The van der Waals surface area contributed by atoms with Gasteiger partial charge in [-0.2, -0.15) is 0 Å². The zero-order valence-corrected chi connectivity index (χ0v) is 20.1. The number of hydrogen-bond donors (Lipinski definition) is 0. The highest BCUT2D eigenvalue weighted by Crippen LogP contribution is 1.80. The Kier molecular flexibility index (Phi) is 55.5. The Labute approximate surface area is 197 Å². The number of carbonyl (C=O) groups excluding carboxylic acids is 1. The molecule has 0 saturated carbocycles. The third-order valence-electron chi connectivity index (χ3n) is 0.444. The predicted octanol–water partition coefficient (Wildman–Crippen LogP) is -7.47. The molecular weight excluding hydrogens is 637 g/mol. The highest BCUT2D eigenvalue weighted by atomic mass is 32.3. The molecular formula is CH6O23S8-8. The lowest BCUT2D eigenvalue weighted by Gasteiger charge is -2.04. The van der Waals surface area contributed by atoms with Gasteiger partial charge in [-0.1, -0.05) is 0 Å². The number of hydrogen-bond acceptors (Lipinski definition) is 21. The second kappa shape index (κ2) is 35.9. The van der Waals surface area contributed by atoms with Gasteiger partial charge in [-0.05, 0) is 0 Å². The molecule has 0 aliphatic rings. The van der Waals surface area contributed by atoms with Crippen LogP contribution in [0.1, 0.15) is 0 Å². The van der Waals surface area contributed by atoms with E-state index in [0.29, 0.717) is 0 Å². The molecule has 23 nitrogen and oxygen atoms in total. The summed E-state index contributed by atoms with van der Waals surface area (Å²) < 4.78 is 159. The van der Waals surface area contributed by atoms with Gasteiger partial charge in [0.2, 0.25) is 0 Å². The minimum Gasteiger partial charge on any atom is -0.749 e. The van der Waals surface area contributed by atoms with Crippen LogP contribution in [0.15, 0.2) is 0 Å². The first-order valence-corrected chi connectivity index (χ1v) is 12.3. The maximum absolute atomic E-state index is 9.19. The van der Waals surface area contributed by atoms with Gasteiger partial charge in [0.25, 0.3) is 0 Å². The summed E-state index contributed by atoms with van der Waals surface area (Å²) in [5.74, 6) is 0. The zero-order chi connectivity index (χ0) is 25.4. The van der Waals surface area contributed by atoms with Crippen molar-refractivity contribution in [1.29, 1.82) is 0 Å². The minimum absolute atomic E-state index is 0. The normalized spacial score (nSPS) is 16.4. The van der Waals surface area contributed by atoms with Gasteiger partial charge in [-0.25, -0.2) is 48.2 Å². The second-order valence-corrected chi connectivity index (χ2v) is 7.35. The maximum atomic E-state index is 9.19. The molecule has 0 atom stereocenters. The van der Waals surface area contributed by atoms with E-state index in [1.54, 1.807) is 0 Å². The van der Waals surface area contributed by atoms with Crippen molar-refractivity contribution in [1.82, 2.24) is 0 Å². The standard InChI is InChI=1S/CH2O.4H2O5S2.2H2O/c1-2;4*1-6(2)5-7(3)4;;/h1H2;4*(H,1,2)(H,3,4);2*1H2/p-8. The van der Waals surface area contributed by atoms with Crippen molar-refractivity contribution in [2.75, 3.05) is 0 Å². The molecule has 0 aromatic carbocycles. The zero-order valence-electron chi connectivity index (χ0n) is 13.5. The molecule has 4 N–H and O–H groups in total. The second-order valence-electron chi connectivity index (χ2n) is 1.91. The first-order valence-electron chi connectivity index (χ1n) is 4.29. The smallest absolute Gasteiger partial charge is 0.106 e. The van der Waals surface area contributed by atoms with Crippen molar-refractivity contribution >= 4 is 97.7 Å². The molecule has 0 bridgehead atoms. The number of carbonyl (C=O) groups is 1. The SMILES string of the molecule is C=O.O.O.O=S([O-])OS(=O)[O-].O=S([O-])OS(=O)[O-].O=S([O-])OS(=O)[O-].O=S([O-])OS(=O)[O-]. The minimum atomic E-state index is -2.96. The van der Waals surface area contributed by atoms with Crippen molar-refractivity contribution in [2.24, 2.45) is 0 Å². The molecule has 0 rings (SSSR count). The lowest BCUT2D eigenvalue weighted by molar-refractivity contribution is -0.0980. The molecule has 0 saturated heterocycles. The van der Waals surface area contributed by atoms with Crippen molar-refractivity contribution < 1.29 is 100 Å². The Hall–Kier alpha value is 0.310. The fraction of sp³-hybridized carbons (Fsp3) is 0. The van der Waals surface area contributed by atoms with Crippen LogP contribution in [-0.4, -0.2) is 87.8 Å². The monoisotopic (exact) mass is 642 g/mol. The number of rotatable bonds is 8. The Bertz CT molecular complexity index is 455. The van der Waals surface area contributed by atoms with Crippen molar-refractivity contribution in [3.05, 3.63) is 0 Å². The van der Waals surface area contributed by atoms with Crippen LogP contribution < -0.4 is 0 Å². The van der Waals surface area contributed by atoms with E-state index in [0.717, 1.165) is 0 Å². The molecule has 0 aromatic heterocycles. The van der Waals surface area contributed by atoms with Crippen LogP contribution in [0, 0.1) is 0 Å². The Morgan fingerprint density at radius 1 is 0.344 bits per heavy atom. The summed E-state index contributed by atoms with van der Waals surface area (Å²) in [7, 11) is 0. The van der Waals surface area contributed by atoms with E-state index >= 15 is 0 Å². The molecule has 0 spiro atoms. The average Bonchev–Trinajstić information content (AvgIpc) is 2.45. The van der Waals surface area contributed by atoms with Crippen LogP contribution in [0.3, 0.4) is 0 Å². The Balaban J connectivity index is -0.0000000497. The van der Waals surface area contributed by atoms with Crippen LogP contribution in [-0.2, 0) is 110 Å². The summed E-state index contributed by atoms with van der Waals surface area (Å²) in [6, 6.07) is 0. The van der Waals surface area contributed by atoms with Gasteiger partial charge in [-0.15, -0.1) is 0 Å². The van der Waals surface area contributed by atoms with Gasteiger partial charge in [0.1, 0.15) is 6.79 Å². The van der Waals surface area contributed by atoms with Gasteiger partial charge in [0, 0.05) is 0 Å². The summed E-state index contributed by atoms with van der Waals surface area (Å²) in [6.07, 6.45) is 0. The van der Waals surface area contributed by atoms with E-state index < -0.39 is 90.9 Å². The van der Waals surface area contributed by atoms with Crippen LogP contribution in [0.2, 0.25) is 0 Å². The molecule has 0 aliphatic carbocycles. The van der Waals surface area contributed by atoms with E-state index in [1.165, 1.54) is 0 Å². The molecule has 0 heterocycles. The fourth-order valence-corrected chi connectivity index (χ4v) is 1.63. The van der Waals surface area contributed by atoms with E-state index in [2.05, 4.69) is 14.5 Å². The van der Waals surface area contributed by atoms with E-state index in [1.807, 2.05) is 6.79 Å². The molecule has 0 aromatic rings. The fourth-order valence-electron chi connectivity index (χ4n) is 0.181. The Morgan fingerprint density at radius 2 is 0.406 bits per heavy atom. The van der Waals surface area contributed by atoms with Crippen molar-refractivity contribution in [3.63, 3.8) is 0 Å². The largest absolute Gasteiger partial charge is 0.749 e. The van der Waals surface area contributed by atoms with Crippen molar-refractivity contribution in [3.8, 4) is 0 Å². The summed E-state index contributed by atoms with van der Waals surface area (Å²) in [5, 5.41) is 0. The van der Waals surface area contributed by atoms with Gasteiger partial charge >= 0.3 is 0 Å². The van der Waals surface area contributed by atoms with E-state index in [-0.39, 0.29) is 11.0 Å². The summed E-state index contributed by atoms with van der Waals surface area (Å²) in [6.45, 7) is 2.00. The van der Waals surface area contributed by atoms with Crippen molar-refractivity contribution in [2.45, 2.75) is 0 Å². The van der Waals surface area contributed by atoms with Crippen LogP contribution in [0.5, 0.6) is 0 Å². The lowest BCUT2D eigenvalue weighted by Crippen LogP contribution is -1.97. The van der Waals surface area contributed by atoms with E-state index in [9.17, 15) is 70.1 Å². The van der Waals surface area contributed by atoms with Crippen LogP contribution in [0.25, 0.3) is 0 Å².